The molecule has 0 aromatic heterocycles. The van der Waals surface area contributed by atoms with Gasteiger partial charge >= 0.3 is 7.12 Å². The zero-order chi connectivity index (χ0) is 7.56. The molecule has 56 valence electrons. The molecule has 0 radical (unpaired) electrons. The Morgan fingerprint density at radius 1 is 1.20 bits per heavy atom. The summed E-state index contributed by atoms with van der Waals surface area (Å²) in [6.07, 6.45) is 4.20. The van der Waals surface area contributed by atoms with Crippen molar-refractivity contribution >= 4 is 7.12 Å². The lowest BCUT2D eigenvalue weighted by Crippen LogP contribution is -2.19. The molecule has 0 atom stereocenters. The van der Waals surface area contributed by atoms with Crippen LogP contribution >= 0.6 is 0 Å². The van der Waals surface area contributed by atoms with Crippen LogP contribution in [0.25, 0.3) is 0 Å². The summed E-state index contributed by atoms with van der Waals surface area (Å²) in [7, 11) is -1.21. The average Bonchev–Trinajstić information content (AvgIpc) is 1.88. The van der Waals surface area contributed by atoms with E-state index < -0.39 is 7.12 Å². The van der Waals surface area contributed by atoms with Gasteiger partial charge in [-0.15, -0.1) is 0 Å². The normalized spacial score (nSPS) is 19.5. The molecule has 0 saturated heterocycles. The maximum Gasteiger partial charge on any atom is 0.484 e. The highest BCUT2D eigenvalue weighted by Gasteiger charge is 2.19. The SMILES string of the molecule is CC1=C(B(O)O)CCCC1. The van der Waals surface area contributed by atoms with Crippen LogP contribution < -0.4 is 0 Å². The van der Waals surface area contributed by atoms with Crippen LogP contribution in [0, 0.1) is 0 Å². The Hall–Kier alpha value is -0.275. The summed E-state index contributed by atoms with van der Waals surface area (Å²) < 4.78 is 0. The molecule has 0 unspecified atom stereocenters. The van der Waals surface area contributed by atoms with Crippen LogP contribution in [0.15, 0.2) is 11.0 Å². The fourth-order valence-corrected chi connectivity index (χ4v) is 1.43. The molecule has 0 spiro atoms. The maximum atomic E-state index is 8.85. The van der Waals surface area contributed by atoms with Crippen molar-refractivity contribution in [1.82, 2.24) is 0 Å². The third-order valence-electron chi connectivity index (χ3n) is 2.11. The van der Waals surface area contributed by atoms with Crippen molar-refractivity contribution in [3.05, 3.63) is 11.0 Å². The highest BCUT2D eigenvalue weighted by atomic mass is 16.4. The molecule has 0 aromatic carbocycles. The van der Waals surface area contributed by atoms with E-state index in [2.05, 4.69) is 0 Å². The lowest BCUT2D eigenvalue weighted by Gasteiger charge is -2.16. The molecule has 10 heavy (non-hydrogen) atoms. The highest BCUT2D eigenvalue weighted by Crippen LogP contribution is 2.24. The molecule has 2 nitrogen and oxygen atoms in total. The Morgan fingerprint density at radius 2 is 1.80 bits per heavy atom. The van der Waals surface area contributed by atoms with Crippen molar-refractivity contribution in [3.63, 3.8) is 0 Å². The van der Waals surface area contributed by atoms with Crippen LogP contribution in [-0.4, -0.2) is 17.2 Å². The van der Waals surface area contributed by atoms with E-state index in [-0.39, 0.29) is 0 Å². The van der Waals surface area contributed by atoms with Gasteiger partial charge in [0.1, 0.15) is 0 Å². The fraction of sp³-hybridized carbons (Fsp3) is 0.714. The second kappa shape index (κ2) is 3.22. The van der Waals surface area contributed by atoms with Crippen molar-refractivity contribution in [3.8, 4) is 0 Å². The molecular weight excluding hydrogens is 127 g/mol. The third kappa shape index (κ3) is 1.61. The van der Waals surface area contributed by atoms with Gasteiger partial charge < -0.3 is 10.0 Å². The second-order valence-electron chi connectivity index (χ2n) is 2.89. The predicted molar refractivity (Wildman–Crippen MR) is 41.4 cm³/mol. The van der Waals surface area contributed by atoms with Crippen LogP contribution in [-0.2, 0) is 0 Å². The molecule has 3 heteroatoms. The van der Waals surface area contributed by atoms with Crippen molar-refractivity contribution in [1.29, 1.82) is 0 Å². The van der Waals surface area contributed by atoms with Crippen LogP contribution in [0.2, 0.25) is 0 Å². The van der Waals surface area contributed by atoms with Crippen molar-refractivity contribution in [2.75, 3.05) is 0 Å². The summed E-state index contributed by atoms with van der Waals surface area (Å²) in [6, 6.07) is 0. The summed E-state index contributed by atoms with van der Waals surface area (Å²) >= 11 is 0. The zero-order valence-corrected chi connectivity index (χ0v) is 6.30. The zero-order valence-electron chi connectivity index (χ0n) is 6.30. The topological polar surface area (TPSA) is 40.5 Å². The van der Waals surface area contributed by atoms with Gasteiger partial charge in [-0.05, 0) is 38.1 Å². The Balaban J connectivity index is 2.68. The van der Waals surface area contributed by atoms with Crippen LogP contribution in [0.4, 0.5) is 0 Å². The van der Waals surface area contributed by atoms with E-state index in [1.54, 1.807) is 0 Å². The lowest BCUT2D eigenvalue weighted by molar-refractivity contribution is 0.412. The molecule has 1 aliphatic carbocycles. The van der Waals surface area contributed by atoms with E-state index in [0.29, 0.717) is 0 Å². The van der Waals surface area contributed by atoms with Crippen LogP contribution in [0.5, 0.6) is 0 Å². The average molecular weight is 140 g/mol. The van der Waals surface area contributed by atoms with Gasteiger partial charge in [-0.1, -0.05) is 5.57 Å². The minimum Gasteiger partial charge on any atom is -0.423 e. The summed E-state index contributed by atoms with van der Waals surface area (Å²) in [5.41, 5.74) is 2.01. The van der Waals surface area contributed by atoms with Gasteiger partial charge in [0.15, 0.2) is 0 Å². The van der Waals surface area contributed by atoms with Gasteiger partial charge in [0.25, 0.3) is 0 Å². The maximum absolute atomic E-state index is 8.85. The monoisotopic (exact) mass is 140 g/mol. The molecule has 0 aromatic rings. The van der Waals surface area contributed by atoms with Gasteiger partial charge in [0.2, 0.25) is 0 Å². The standard InChI is InChI=1S/C7H13BO2/c1-6-4-2-3-5-7(6)8(9)10/h9-10H,2-5H2,1H3. The van der Waals surface area contributed by atoms with E-state index in [1.165, 1.54) is 12.0 Å². The third-order valence-corrected chi connectivity index (χ3v) is 2.11. The van der Waals surface area contributed by atoms with Crippen molar-refractivity contribution in [2.24, 2.45) is 0 Å². The Morgan fingerprint density at radius 3 is 2.20 bits per heavy atom. The number of allylic oxidation sites excluding steroid dienone is 2. The molecule has 1 aliphatic rings. The molecule has 0 bridgehead atoms. The molecule has 0 amide bonds. The number of hydrogen-bond acceptors (Lipinski definition) is 2. The van der Waals surface area contributed by atoms with Gasteiger partial charge in [-0.25, -0.2) is 0 Å². The minimum absolute atomic E-state index is 0.839. The second-order valence-corrected chi connectivity index (χ2v) is 2.89. The number of rotatable bonds is 1. The molecule has 0 saturated carbocycles. The molecular formula is C7H13BO2. The number of hydrogen-bond donors (Lipinski definition) is 2. The first-order chi connectivity index (χ1) is 4.72. The first-order valence-corrected chi connectivity index (χ1v) is 3.76. The Kier molecular flexibility index (Phi) is 2.52. The molecule has 2 N–H and O–H groups in total. The Bertz CT molecular complexity index is 152. The van der Waals surface area contributed by atoms with Crippen molar-refractivity contribution in [2.45, 2.75) is 32.6 Å². The van der Waals surface area contributed by atoms with E-state index in [1.807, 2.05) is 6.92 Å². The molecule has 1 rings (SSSR count). The molecule has 0 fully saturated rings. The first kappa shape index (κ1) is 7.83. The van der Waals surface area contributed by atoms with E-state index in [9.17, 15) is 0 Å². The highest BCUT2D eigenvalue weighted by molar-refractivity contribution is 6.50. The van der Waals surface area contributed by atoms with Crippen LogP contribution in [0.3, 0.4) is 0 Å². The predicted octanol–water partition coefficient (Wildman–Crippen LogP) is 0.889. The lowest BCUT2D eigenvalue weighted by atomic mass is 9.70. The first-order valence-electron chi connectivity index (χ1n) is 3.76. The summed E-state index contributed by atoms with van der Waals surface area (Å²) in [5.74, 6) is 0. The van der Waals surface area contributed by atoms with Gasteiger partial charge in [0, 0.05) is 0 Å². The van der Waals surface area contributed by atoms with Gasteiger partial charge in [-0.3, -0.25) is 0 Å². The van der Waals surface area contributed by atoms with Gasteiger partial charge in [-0.2, -0.15) is 0 Å². The molecule has 0 heterocycles. The van der Waals surface area contributed by atoms with E-state index in [0.717, 1.165) is 24.7 Å². The van der Waals surface area contributed by atoms with Crippen LogP contribution in [0.1, 0.15) is 32.6 Å². The van der Waals surface area contributed by atoms with Crippen molar-refractivity contribution < 1.29 is 10.0 Å². The summed E-state index contributed by atoms with van der Waals surface area (Å²) in [5, 5.41) is 17.7. The largest absolute Gasteiger partial charge is 0.484 e. The smallest absolute Gasteiger partial charge is 0.423 e. The Labute approximate surface area is 61.7 Å². The molecule has 0 aliphatic heterocycles. The quantitative estimate of drug-likeness (QED) is 0.531. The van der Waals surface area contributed by atoms with E-state index >= 15 is 0 Å². The fourth-order valence-electron chi connectivity index (χ4n) is 1.43. The summed E-state index contributed by atoms with van der Waals surface area (Å²) in [4.78, 5) is 0. The summed E-state index contributed by atoms with van der Waals surface area (Å²) in [6.45, 7) is 1.98. The van der Waals surface area contributed by atoms with Gasteiger partial charge in [0.05, 0.1) is 0 Å². The van der Waals surface area contributed by atoms with E-state index in [4.69, 9.17) is 10.0 Å². The minimum atomic E-state index is -1.21.